The lowest BCUT2D eigenvalue weighted by Gasteiger charge is -2.21. The highest BCUT2D eigenvalue weighted by Crippen LogP contribution is 2.32. The number of carbonyl (C=O) groups is 2. The van der Waals surface area contributed by atoms with Gasteiger partial charge in [0.25, 0.3) is 0 Å². The monoisotopic (exact) mass is 479 g/mol. The molecule has 0 amide bonds. The van der Waals surface area contributed by atoms with Crippen molar-refractivity contribution in [1.82, 2.24) is 0 Å². The number of benzene rings is 3. The average molecular weight is 479 g/mol. The van der Waals surface area contributed by atoms with Crippen molar-refractivity contribution in [3.63, 3.8) is 0 Å². The number of carbonyl (C=O) groups excluding carboxylic acids is 1. The molecular weight excluding hydrogens is 451 g/mol. The molecule has 3 aromatic carbocycles. The minimum Gasteiger partial charge on any atom is -0.481 e. The van der Waals surface area contributed by atoms with Gasteiger partial charge in [-0.3, -0.25) is 9.59 Å². The summed E-state index contributed by atoms with van der Waals surface area (Å²) in [6, 6.07) is 28.4. The fourth-order valence-electron chi connectivity index (χ4n) is 3.49. The fourth-order valence-corrected chi connectivity index (χ4v) is 4.58. The van der Waals surface area contributed by atoms with Gasteiger partial charge in [-0.1, -0.05) is 91.0 Å². The van der Waals surface area contributed by atoms with Gasteiger partial charge >= 0.3 is 20.0 Å². The zero-order valence-corrected chi connectivity index (χ0v) is 19.7. The van der Waals surface area contributed by atoms with Crippen LogP contribution < -0.4 is 0 Å². The Labute approximate surface area is 200 Å². The number of aliphatic carboxylic acids is 1. The number of esters is 1. The van der Waals surface area contributed by atoms with Gasteiger partial charge in [-0.05, 0) is 27.7 Å². The number of rotatable bonds is 13. The van der Waals surface area contributed by atoms with E-state index < -0.39 is 32.0 Å². The van der Waals surface area contributed by atoms with Crippen LogP contribution in [0.1, 0.15) is 35.6 Å². The molecule has 0 radical (unpaired) electrons. The largest absolute Gasteiger partial charge is 0.509 e. The van der Waals surface area contributed by atoms with Gasteiger partial charge < -0.3 is 9.84 Å². The summed E-state index contributed by atoms with van der Waals surface area (Å²) in [6.07, 6.45) is -0.376. The summed E-state index contributed by atoms with van der Waals surface area (Å²) in [5.41, 5.74) is 2.70. The highest BCUT2D eigenvalue weighted by molar-refractivity contribution is 7.39. The van der Waals surface area contributed by atoms with Crippen molar-refractivity contribution in [2.45, 2.75) is 32.0 Å². The molecule has 0 aromatic heterocycles. The second kappa shape index (κ2) is 13.4. The van der Waals surface area contributed by atoms with E-state index >= 15 is 0 Å². The molecule has 0 bridgehead atoms. The summed E-state index contributed by atoms with van der Waals surface area (Å²) >= 11 is 0. The molecule has 0 fully saturated rings. The van der Waals surface area contributed by atoms with E-state index in [-0.39, 0.29) is 25.6 Å². The van der Waals surface area contributed by atoms with Crippen molar-refractivity contribution in [3.8, 4) is 0 Å². The molecule has 6 nitrogen and oxygen atoms in total. The van der Waals surface area contributed by atoms with E-state index in [0.29, 0.717) is 6.42 Å². The predicted molar refractivity (Wildman–Crippen MR) is 129 cm³/mol. The van der Waals surface area contributed by atoms with Crippen LogP contribution in [0, 0.1) is 5.92 Å². The van der Waals surface area contributed by atoms with Crippen LogP contribution in [0.5, 0.6) is 0 Å². The Morgan fingerprint density at radius 3 is 1.97 bits per heavy atom. The predicted octanol–water partition coefficient (Wildman–Crippen LogP) is 5.95. The van der Waals surface area contributed by atoms with Crippen molar-refractivity contribution in [2.75, 3.05) is 6.16 Å². The first-order chi connectivity index (χ1) is 16.5. The molecule has 3 atom stereocenters. The Morgan fingerprint density at radius 1 is 0.824 bits per heavy atom. The van der Waals surface area contributed by atoms with Gasteiger partial charge in [0, 0.05) is 12.8 Å². The highest BCUT2D eigenvalue weighted by Gasteiger charge is 2.34. The van der Waals surface area contributed by atoms with E-state index in [1.54, 1.807) is 0 Å². The van der Waals surface area contributed by atoms with Gasteiger partial charge in [-0.15, -0.1) is 4.52 Å². The van der Waals surface area contributed by atoms with Crippen LogP contribution >= 0.6 is 8.03 Å². The molecule has 3 unspecified atom stereocenters. The molecule has 3 rings (SSSR count). The Kier molecular flexibility index (Phi) is 9.96. The number of carboxylic acid groups (broad SMARTS) is 1. The van der Waals surface area contributed by atoms with Gasteiger partial charge in [0.1, 0.15) is 18.6 Å². The van der Waals surface area contributed by atoms with E-state index in [2.05, 4.69) is 0 Å². The summed E-state index contributed by atoms with van der Waals surface area (Å²) in [7, 11) is -2.18. The Balaban J connectivity index is 1.69. The topological polar surface area (TPSA) is 89.9 Å². The third kappa shape index (κ3) is 8.54. The van der Waals surface area contributed by atoms with Gasteiger partial charge in [0.15, 0.2) is 6.16 Å². The standard InChI is InChI=1S/C27H27O6P/c28-26(29)17-16-24(20-34(31)32-19-22-12-6-2-7-13-22)27(30)33-25(23-14-8-3-9-15-23)18-21-10-4-1-5-11-21/h1-15,24-25H,16-20H2/p+1. The average Bonchev–Trinajstić information content (AvgIpc) is 2.86. The van der Waals surface area contributed by atoms with Crippen molar-refractivity contribution in [3.05, 3.63) is 108 Å². The number of hydrogen-bond donors (Lipinski definition) is 1. The Bertz CT molecular complexity index is 1060. The first kappa shape index (κ1) is 25.3. The summed E-state index contributed by atoms with van der Waals surface area (Å²) in [6.45, 7) is 0.150. The maximum Gasteiger partial charge on any atom is 0.509 e. The van der Waals surface area contributed by atoms with E-state index in [9.17, 15) is 14.2 Å². The molecule has 0 aliphatic rings. The van der Waals surface area contributed by atoms with Gasteiger partial charge in [0.05, 0.1) is 0 Å². The summed E-state index contributed by atoms with van der Waals surface area (Å²) in [4.78, 5) is 24.3. The zero-order chi connectivity index (χ0) is 24.2. The molecule has 3 aromatic rings. The van der Waals surface area contributed by atoms with Crippen molar-refractivity contribution in [1.29, 1.82) is 0 Å². The van der Waals surface area contributed by atoms with Crippen LogP contribution in [0.15, 0.2) is 91.0 Å². The maximum absolute atomic E-state index is 13.1. The Hall–Kier alpha value is -3.34. The number of ether oxygens (including phenoxy) is 1. The first-order valence-corrected chi connectivity index (χ1v) is 12.5. The van der Waals surface area contributed by atoms with Crippen LogP contribution in [-0.2, 0) is 36.4 Å². The molecule has 0 saturated carbocycles. The highest BCUT2D eigenvalue weighted by atomic mass is 31.1. The van der Waals surface area contributed by atoms with Gasteiger partial charge in [-0.2, -0.15) is 0 Å². The minimum atomic E-state index is -2.18. The summed E-state index contributed by atoms with van der Waals surface area (Å²) in [5, 5.41) is 9.13. The zero-order valence-electron chi connectivity index (χ0n) is 18.8. The molecule has 0 aliphatic heterocycles. The van der Waals surface area contributed by atoms with Crippen LogP contribution in [0.4, 0.5) is 0 Å². The SMILES string of the molecule is O=C(O)CCC(C[P+](=O)OCc1ccccc1)C(=O)OC(Cc1ccccc1)c1ccccc1. The number of carboxylic acids is 1. The first-order valence-electron chi connectivity index (χ1n) is 11.1. The van der Waals surface area contributed by atoms with E-state index in [4.69, 9.17) is 14.4 Å². The molecule has 0 heterocycles. The normalized spacial score (nSPS) is 13.0. The third-order valence-electron chi connectivity index (χ3n) is 5.32. The lowest BCUT2D eigenvalue weighted by molar-refractivity contribution is -0.154. The van der Waals surface area contributed by atoms with Gasteiger partial charge in [0.2, 0.25) is 0 Å². The molecule has 7 heteroatoms. The summed E-state index contributed by atoms with van der Waals surface area (Å²) < 4.78 is 23.9. The van der Waals surface area contributed by atoms with Crippen LogP contribution in [0.2, 0.25) is 0 Å². The third-order valence-corrected chi connectivity index (χ3v) is 6.48. The van der Waals surface area contributed by atoms with Crippen LogP contribution in [0.25, 0.3) is 0 Å². The van der Waals surface area contributed by atoms with E-state index in [1.807, 2.05) is 91.0 Å². The molecule has 0 spiro atoms. The second-order valence-electron chi connectivity index (χ2n) is 7.93. The number of hydrogen-bond acceptors (Lipinski definition) is 5. The lowest BCUT2D eigenvalue weighted by Crippen LogP contribution is -2.24. The van der Waals surface area contributed by atoms with Crippen LogP contribution in [-0.4, -0.2) is 23.2 Å². The molecule has 34 heavy (non-hydrogen) atoms. The second-order valence-corrected chi connectivity index (χ2v) is 9.22. The molecule has 0 aliphatic carbocycles. The molecular formula is C27H28O6P+. The maximum atomic E-state index is 13.1. The lowest BCUT2D eigenvalue weighted by atomic mass is 10.0. The van der Waals surface area contributed by atoms with Crippen LogP contribution in [0.3, 0.4) is 0 Å². The van der Waals surface area contributed by atoms with Crippen molar-refractivity contribution >= 4 is 20.0 Å². The molecule has 0 saturated heterocycles. The van der Waals surface area contributed by atoms with Crippen molar-refractivity contribution < 1.29 is 28.5 Å². The molecule has 1 N–H and O–H groups in total. The smallest absolute Gasteiger partial charge is 0.481 e. The minimum absolute atomic E-state index is 0.0246. The van der Waals surface area contributed by atoms with Gasteiger partial charge in [-0.25, -0.2) is 0 Å². The quantitative estimate of drug-likeness (QED) is 0.241. The van der Waals surface area contributed by atoms with Crippen molar-refractivity contribution in [2.24, 2.45) is 5.92 Å². The van der Waals surface area contributed by atoms with E-state index in [0.717, 1.165) is 16.7 Å². The van der Waals surface area contributed by atoms with E-state index in [1.165, 1.54) is 0 Å². The summed E-state index contributed by atoms with van der Waals surface area (Å²) in [5.74, 6) is -2.45. The molecule has 176 valence electrons. The Morgan fingerprint density at radius 2 is 1.38 bits per heavy atom. The fraction of sp³-hybridized carbons (Fsp3) is 0.259.